The first-order valence-electron chi connectivity index (χ1n) is 8.48. The summed E-state index contributed by atoms with van der Waals surface area (Å²) in [4.78, 5) is 15.0. The van der Waals surface area contributed by atoms with Gasteiger partial charge in [0.25, 0.3) is 0 Å². The Morgan fingerprint density at radius 1 is 1.30 bits per heavy atom. The maximum Gasteiger partial charge on any atom is 0.227 e. The second-order valence-electron chi connectivity index (χ2n) is 7.73. The van der Waals surface area contributed by atoms with Crippen LogP contribution in [0.4, 0.5) is 0 Å². The molecular formula is C17H32N2O. The van der Waals surface area contributed by atoms with E-state index >= 15 is 0 Å². The largest absolute Gasteiger partial charge is 0.342 e. The summed E-state index contributed by atoms with van der Waals surface area (Å²) in [7, 11) is 0. The second kappa shape index (κ2) is 6.46. The summed E-state index contributed by atoms with van der Waals surface area (Å²) in [5.74, 6) is 1.81. The molecule has 1 saturated carbocycles. The Labute approximate surface area is 124 Å². The van der Waals surface area contributed by atoms with Gasteiger partial charge in [-0.1, -0.05) is 26.7 Å². The maximum atomic E-state index is 12.8. The van der Waals surface area contributed by atoms with Gasteiger partial charge in [-0.15, -0.1) is 0 Å². The number of hydrogen-bond donors (Lipinski definition) is 1. The molecule has 2 aliphatic rings. The zero-order chi connectivity index (χ0) is 14.8. The predicted octanol–water partition coefficient (Wildman–Crippen LogP) is 3.18. The molecule has 0 aromatic carbocycles. The van der Waals surface area contributed by atoms with Crippen molar-refractivity contribution in [2.75, 3.05) is 13.1 Å². The molecule has 116 valence electrons. The molecule has 2 fully saturated rings. The number of piperidine rings is 1. The van der Waals surface area contributed by atoms with Crippen LogP contribution in [0.1, 0.15) is 65.7 Å². The summed E-state index contributed by atoms with van der Waals surface area (Å²) < 4.78 is 0. The van der Waals surface area contributed by atoms with Crippen LogP contribution in [0.5, 0.6) is 0 Å². The first kappa shape index (κ1) is 15.8. The van der Waals surface area contributed by atoms with Gasteiger partial charge in [-0.2, -0.15) is 0 Å². The lowest BCUT2D eigenvalue weighted by atomic mass is 9.73. The normalized spacial score (nSPS) is 35.4. The standard InChI is InChI=1S/C17H32N2O/c1-13(2)11-14-7-6-10-19(12-14)16(20)15-8-4-5-9-17(15,3)18/h13-15H,4-12,18H2,1-3H3. The number of hydrogen-bond acceptors (Lipinski definition) is 2. The van der Waals surface area contributed by atoms with Crippen molar-refractivity contribution in [3.05, 3.63) is 0 Å². The van der Waals surface area contributed by atoms with E-state index in [1.807, 2.05) is 0 Å². The van der Waals surface area contributed by atoms with Gasteiger partial charge >= 0.3 is 0 Å². The summed E-state index contributed by atoms with van der Waals surface area (Å²) in [6.07, 6.45) is 8.00. The third-order valence-corrected chi connectivity index (χ3v) is 5.19. The van der Waals surface area contributed by atoms with Gasteiger partial charge in [0.05, 0.1) is 5.92 Å². The van der Waals surface area contributed by atoms with Crippen LogP contribution < -0.4 is 5.73 Å². The van der Waals surface area contributed by atoms with Crippen molar-refractivity contribution in [2.45, 2.75) is 71.3 Å². The van der Waals surface area contributed by atoms with Crippen molar-refractivity contribution in [3.63, 3.8) is 0 Å². The number of carbonyl (C=O) groups excluding carboxylic acids is 1. The van der Waals surface area contributed by atoms with Gasteiger partial charge in [-0.05, 0) is 50.9 Å². The highest BCUT2D eigenvalue weighted by molar-refractivity contribution is 5.80. The van der Waals surface area contributed by atoms with Crippen LogP contribution in [-0.4, -0.2) is 29.4 Å². The minimum absolute atomic E-state index is 0.0500. The van der Waals surface area contributed by atoms with Crippen molar-refractivity contribution in [1.82, 2.24) is 4.90 Å². The molecule has 0 spiro atoms. The summed E-state index contributed by atoms with van der Waals surface area (Å²) in [6.45, 7) is 8.53. The van der Waals surface area contributed by atoms with Crippen LogP contribution in [0, 0.1) is 17.8 Å². The Kier molecular flexibility index (Phi) is 5.11. The molecular weight excluding hydrogens is 248 g/mol. The minimum atomic E-state index is -0.291. The van der Waals surface area contributed by atoms with E-state index in [0.717, 1.165) is 44.7 Å². The first-order chi connectivity index (χ1) is 9.40. The molecule has 2 rings (SSSR count). The van der Waals surface area contributed by atoms with Crippen molar-refractivity contribution < 1.29 is 4.79 Å². The summed E-state index contributed by atoms with van der Waals surface area (Å²) in [5.41, 5.74) is 6.11. The van der Waals surface area contributed by atoms with E-state index < -0.39 is 0 Å². The number of nitrogens with two attached hydrogens (primary N) is 1. The molecule has 1 saturated heterocycles. The van der Waals surface area contributed by atoms with Gasteiger partial charge in [0.2, 0.25) is 5.91 Å². The Hall–Kier alpha value is -0.570. The number of likely N-dealkylation sites (tertiary alicyclic amines) is 1. The molecule has 2 N–H and O–H groups in total. The average molecular weight is 280 g/mol. The predicted molar refractivity (Wildman–Crippen MR) is 83.3 cm³/mol. The molecule has 1 aliphatic heterocycles. The third kappa shape index (κ3) is 3.75. The Balaban J connectivity index is 1.97. The first-order valence-corrected chi connectivity index (χ1v) is 8.48. The molecule has 20 heavy (non-hydrogen) atoms. The van der Waals surface area contributed by atoms with E-state index in [4.69, 9.17) is 5.73 Å². The van der Waals surface area contributed by atoms with Crippen LogP contribution in [0.3, 0.4) is 0 Å². The highest BCUT2D eigenvalue weighted by Crippen LogP contribution is 2.34. The Morgan fingerprint density at radius 2 is 2.05 bits per heavy atom. The van der Waals surface area contributed by atoms with Crippen molar-refractivity contribution in [3.8, 4) is 0 Å². The summed E-state index contributed by atoms with van der Waals surface area (Å²) >= 11 is 0. The van der Waals surface area contributed by atoms with Crippen LogP contribution in [-0.2, 0) is 4.79 Å². The smallest absolute Gasteiger partial charge is 0.227 e. The Bertz CT molecular complexity index is 338. The van der Waals surface area contributed by atoms with Gasteiger partial charge in [0.1, 0.15) is 0 Å². The van der Waals surface area contributed by atoms with E-state index in [1.165, 1.54) is 19.3 Å². The molecule has 1 heterocycles. The minimum Gasteiger partial charge on any atom is -0.342 e. The Morgan fingerprint density at radius 3 is 2.70 bits per heavy atom. The molecule has 3 nitrogen and oxygen atoms in total. The molecule has 1 amide bonds. The third-order valence-electron chi connectivity index (χ3n) is 5.19. The van der Waals surface area contributed by atoms with E-state index in [0.29, 0.717) is 11.8 Å². The number of amides is 1. The lowest BCUT2D eigenvalue weighted by molar-refractivity contribution is -0.140. The van der Waals surface area contributed by atoms with Gasteiger partial charge in [-0.25, -0.2) is 0 Å². The fourth-order valence-electron chi connectivity index (χ4n) is 4.11. The molecule has 0 aromatic heterocycles. The lowest BCUT2D eigenvalue weighted by Crippen LogP contribution is -2.55. The highest BCUT2D eigenvalue weighted by atomic mass is 16.2. The zero-order valence-corrected chi connectivity index (χ0v) is 13.5. The van der Waals surface area contributed by atoms with Crippen molar-refractivity contribution in [1.29, 1.82) is 0 Å². The van der Waals surface area contributed by atoms with Crippen LogP contribution in [0.2, 0.25) is 0 Å². The second-order valence-corrected chi connectivity index (χ2v) is 7.73. The van der Waals surface area contributed by atoms with E-state index in [-0.39, 0.29) is 11.5 Å². The molecule has 3 heteroatoms. The van der Waals surface area contributed by atoms with E-state index in [1.54, 1.807) is 0 Å². The number of carbonyl (C=O) groups is 1. The summed E-state index contributed by atoms with van der Waals surface area (Å²) in [5, 5.41) is 0. The van der Waals surface area contributed by atoms with Crippen molar-refractivity contribution >= 4 is 5.91 Å². The SMILES string of the molecule is CC(C)CC1CCCN(C(=O)C2CCCCC2(C)N)C1. The monoisotopic (exact) mass is 280 g/mol. The van der Waals surface area contributed by atoms with Crippen LogP contribution in [0.25, 0.3) is 0 Å². The molecule has 0 aromatic rings. The molecule has 0 bridgehead atoms. The van der Waals surface area contributed by atoms with E-state index in [2.05, 4.69) is 25.7 Å². The van der Waals surface area contributed by atoms with Gasteiger partial charge < -0.3 is 10.6 Å². The molecule has 1 aliphatic carbocycles. The summed E-state index contributed by atoms with van der Waals surface area (Å²) in [6, 6.07) is 0. The molecule has 3 atom stereocenters. The van der Waals surface area contributed by atoms with Crippen molar-refractivity contribution in [2.24, 2.45) is 23.5 Å². The van der Waals surface area contributed by atoms with Crippen LogP contribution >= 0.6 is 0 Å². The number of rotatable bonds is 3. The number of nitrogens with zero attached hydrogens (tertiary/aromatic N) is 1. The molecule has 3 unspecified atom stereocenters. The molecule has 0 radical (unpaired) electrons. The van der Waals surface area contributed by atoms with Gasteiger partial charge in [-0.3, -0.25) is 4.79 Å². The fourth-order valence-corrected chi connectivity index (χ4v) is 4.11. The topological polar surface area (TPSA) is 46.3 Å². The fraction of sp³-hybridized carbons (Fsp3) is 0.941. The quantitative estimate of drug-likeness (QED) is 0.863. The van der Waals surface area contributed by atoms with Gasteiger partial charge in [0, 0.05) is 18.6 Å². The average Bonchev–Trinajstić information content (AvgIpc) is 2.37. The highest BCUT2D eigenvalue weighted by Gasteiger charge is 2.40. The maximum absolute atomic E-state index is 12.8. The van der Waals surface area contributed by atoms with Crippen LogP contribution in [0.15, 0.2) is 0 Å². The van der Waals surface area contributed by atoms with Gasteiger partial charge in [0.15, 0.2) is 0 Å². The zero-order valence-electron chi connectivity index (χ0n) is 13.5. The van der Waals surface area contributed by atoms with E-state index in [9.17, 15) is 4.79 Å². The lowest BCUT2D eigenvalue weighted by Gasteiger charge is -2.42.